The standard InChI is InChI=1S/C16H16BrNO3S/c1-16(2)13(15(19)20)18-14(22-16)12-8-7-11(21-12)9-3-5-10(17)6-4-9/h3-8,13-14,18H,1-2H3,(H,19,20). The second-order valence-electron chi connectivity index (χ2n) is 5.75. The number of aliphatic carboxylic acids is 1. The SMILES string of the molecule is CC1(C)SC(c2ccc(-c3ccc(Br)cc3)o2)NC1C(=O)O. The molecule has 0 saturated carbocycles. The van der Waals surface area contributed by atoms with E-state index in [2.05, 4.69) is 21.2 Å². The summed E-state index contributed by atoms with van der Waals surface area (Å²) < 4.78 is 6.55. The van der Waals surface area contributed by atoms with Gasteiger partial charge in [0.15, 0.2) is 0 Å². The molecule has 1 aliphatic heterocycles. The molecular weight excluding hydrogens is 366 g/mol. The number of rotatable bonds is 3. The van der Waals surface area contributed by atoms with Gasteiger partial charge in [0.2, 0.25) is 0 Å². The quantitative estimate of drug-likeness (QED) is 0.830. The van der Waals surface area contributed by atoms with Gasteiger partial charge >= 0.3 is 5.97 Å². The van der Waals surface area contributed by atoms with Crippen LogP contribution in [0.4, 0.5) is 0 Å². The zero-order valence-corrected chi connectivity index (χ0v) is 14.6. The van der Waals surface area contributed by atoms with Crippen molar-refractivity contribution in [2.75, 3.05) is 0 Å². The van der Waals surface area contributed by atoms with Gasteiger partial charge in [-0.25, -0.2) is 0 Å². The van der Waals surface area contributed by atoms with Crippen molar-refractivity contribution in [1.82, 2.24) is 5.32 Å². The summed E-state index contributed by atoms with van der Waals surface area (Å²) in [4.78, 5) is 11.3. The number of carbonyl (C=O) groups is 1. The summed E-state index contributed by atoms with van der Waals surface area (Å²) in [6, 6.07) is 11.1. The highest BCUT2D eigenvalue weighted by Crippen LogP contribution is 2.46. The fourth-order valence-corrected chi connectivity index (χ4v) is 4.15. The van der Waals surface area contributed by atoms with E-state index in [1.807, 2.05) is 50.2 Å². The molecule has 116 valence electrons. The van der Waals surface area contributed by atoms with Gasteiger partial charge < -0.3 is 9.52 Å². The Balaban J connectivity index is 1.83. The molecule has 2 aromatic rings. The maximum Gasteiger partial charge on any atom is 0.322 e. The summed E-state index contributed by atoms with van der Waals surface area (Å²) in [6.07, 6.45) is 0. The summed E-state index contributed by atoms with van der Waals surface area (Å²) in [7, 11) is 0. The van der Waals surface area contributed by atoms with E-state index in [1.54, 1.807) is 11.8 Å². The van der Waals surface area contributed by atoms with Crippen LogP contribution in [0.2, 0.25) is 0 Å². The van der Waals surface area contributed by atoms with Crippen LogP contribution in [-0.2, 0) is 4.79 Å². The third-order valence-electron chi connectivity index (χ3n) is 3.70. The first-order valence-corrected chi connectivity index (χ1v) is 8.56. The maximum atomic E-state index is 11.3. The monoisotopic (exact) mass is 381 g/mol. The number of halogens is 1. The first-order chi connectivity index (χ1) is 10.4. The molecule has 2 heterocycles. The minimum atomic E-state index is -0.834. The predicted molar refractivity (Wildman–Crippen MR) is 90.8 cm³/mol. The molecule has 3 rings (SSSR count). The second-order valence-corrected chi connectivity index (χ2v) is 8.42. The van der Waals surface area contributed by atoms with Crippen LogP contribution < -0.4 is 5.32 Å². The van der Waals surface area contributed by atoms with Crippen LogP contribution >= 0.6 is 27.7 Å². The molecule has 2 atom stereocenters. The summed E-state index contributed by atoms with van der Waals surface area (Å²) >= 11 is 4.99. The molecule has 2 unspecified atom stereocenters. The molecule has 1 saturated heterocycles. The predicted octanol–water partition coefficient (Wildman–Crippen LogP) is 4.28. The first-order valence-electron chi connectivity index (χ1n) is 6.89. The van der Waals surface area contributed by atoms with Crippen LogP contribution in [-0.4, -0.2) is 21.9 Å². The van der Waals surface area contributed by atoms with Crippen molar-refractivity contribution in [2.45, 2.75) is 30.0 Å². The van der Waals surface area contributed by atoms with Crippen LogP contribution in [0.15, 0.2) is 45.3 Å². The normalized spacial score (nSPS) is 23.6. The lowest BCUT2D eigenvalue weighted by Crippen LogP contribution is -2.43. The number of nitrogens with one attached hydrogen (secondary N) is 1. The van der Waals surface area contributed by atoms with Crippen LogP contribution in [0.3, 0.4) is 0 Å². The molecule has 0 aliphatic carbocycles. The summed E-state index contributed by atoms with van der Waals surface area (Å²) in [5.74, 6) is 0.695. The lowest BCUT2D eigenvalue weighted by molar-refractivity contribution is -0.139. The average molecular weight is 382 g/mol. The van der Waals surface area contributed by atoms with Gasteiger partial charge in [-0.2, -0.15) is 0 Å². The minimum absolute atomic E-state index is 0.153. The number of benzene rings is 1. The molecule has 0 spiro atoms. The highest BCUT2D eigenvalue weighted by atomic mass is 79.9. The van der Waals surface area contributed by atoms with Gasteiger partial charge in [0.1, 0.15) is 22.9 Å². The van der Waals surface area contributed by atoms with E-state index in [4.69, 9.17) is 4.42 Å². The van der Waals surface area contributed by atoms with E-state index in [0.29, 0.717) is 0 Å². The van der Waals surface area contributed by atoms with Crippen molar-refractivity contribution in [3.63, 3.8) is 0 Å². The number of thioether (sulfide) groups is 1. The molecule has 1 aromatic heterocycles. The fourth-order valence-electron chi connectivity index (χ4n) is 2.53. The molecule has 2 N–H and O–H groups in total. The molecule has 1 fully saturated rings. The molecule has 0 bridgehead atoms. The Labute approximate surface area is 141 Å². The van der Waals surface area contributed by atoms with Gasteiger partial charge in [-0.1, -0.05) is 28.1 Å². The Hall–Kier alpha value is -1.24. The Morgan fingerprint density at radius 1 is 1.27 bits per heavy atom. The number of hydrogen-bond donors (Lipinski definition) is 2. The van der Waals surface area contributed by atoms with Crippen molar-refractivity contribution < 1.29 is 14.3 Å². The molecule has 0 radical (unpaired) electrons. The molecule has 0 amide bonds. The zero-order chi connectivity index (χ0) is 15.9. The van der Waals surface area contributed by atoms with E-state index >= 15 is 0 Å². The number of carboxylic acids is 1. The van der Waals surface area contributed by atoms with Crippen LogP contribution in [0.1, 0.15) is 25.0 Å². The lowest BCUT2D eigenvalue weighted by atomic mass is 10.0. The summed E-state index contributed by atoms with van der Waals surface area (Å²) in [5, 5.41) is 12.3. The molecule has 1 aromatic carbocycles. The molecule has 1 aliphatic rings. The third kappa shape index (κ3) is 2.95. The summed E-state index contributed by atoms with van der Waals surface area (Å²) in [6.45, 7) is 3.87. The van der Waals surface area contributed by atoms with E-state index in [0.717, 1.165) is 21.6 Å². The molecular formula is C16H16BrNO3S. The van der Waals surface area contributed by atoms with Gasteiger partial charge in [-0.05, 0) is 38.1 Å². The van der Waals surface area contributed by atoms with Gasteiger partial charge in [-0.3, -0.25) is 10.1 Å². The molecule has 4 nitrogen and oxygen atoms in total. The van der Waals surface area contributed by atoms with Crippen LogP contribution in [0.5, 0.6) is 0 Å². The first kappa shape index (κ1) is 15.6. The third-order valence-corrected chi connectivity index (χ3v) is 5.67. The average Bonchev–Trinajstić information content (AvgIpc) is 3.03. The van der Waals surface area contributed by atoms with Gasteiger partial charge in [-0.15, -0.1) is 11.8 Å². The van der Waals surface area contributed by atoms with Crippen LogP contribution in [0, 0.1) is 0 Å². The van der Waals surface area contributed by atoms with E-state index in [-0.39, 0.29) is 10.1 Å². The second kappa shape index (κ2) is 5.76. The van der Waals surface area contributed by atoms with E-state index in [9.17, 15) is 9.90 Å². The Morgan fingerprint density at radius 3 is 2.55 bits per heavy atom. The van der Waals surface area contributed by atoms with Gasteiger partial charge in [0.05, 0.1) is 0 Å². The highest BCUT2D eigenvalue weighted by molar-refractivity contribution is 9.10. The van der Waals surface area contributed by atoms with Crippen molar-refractivity contribution in [3.8, 4) is 11.3 Å². The highest BCUT2D eigenvalue weighted by Gasteiger charge is 2.46. The number of carboxylic acid groups (broad SMARTS) is 1. The zero-order valence-electron chi connectivity index (χ0n) is 12.2. The molecule has 22 heavy (non-hydrogen) atoms. The van der Waals surface area contributed by atoms with Gasteiger partial charge in [0.25, 0.3) is 0 Å². The number of hydrogen-bond acceptors (Lipinski definition) is 4. The minimum Gasteiger partial charge on any atom is -0.480 e. The molecule has 6 heteroatoms. The van der Waals surface area contributed by atoms with Crippen molar-refractivity contribution in [1.29, 1.82) is 0 Å². The maximum absolute atomic E-state index is 11.3. The van der Waals surface area contributed by atoms with Crippen LogP contribution in [0.25, 0.3) is 11.3 Å². The Kier molecular flexibility index (Phi) is 4.09. The topological polar surface area (TPSA) is 62.5 Å². The Bertz CT molecular complexity index is 696. The van der Waals surface area contributed by atoms with Gasteiger partial charge in [0, 0.05) is 14.8 Å². The smallest absolute Gasteiger partial charge is 0.322 e. The summed E-state index contributed by atoms with van der Waals surface area (Å²) in [5.41, 5.74) is 0.992. The van der Waals surface area contributed by atoms with Crippen molar-refractivity contribution in [3.05, 3.63) is 46.6 Å². The number of furan rings is 1. The largest absolute Gasteiger partial charge is 0.480 e. The van der Waals surface area contributed by atoms with Crippen molar-refractivity contribution >= 4 is 33.7 Å². The van der Waals surface area contributed by atoms with E-state index < -0.39 is 12.0 Å². The van der Waals surface area contributed by atoms with E-state index in [1.165, 1.54) is 0 Å². The fraction of sp³-hybridized carbons (Fsp3) is 0.312. The van der Waals surface area contributed by atoms with Crippen molar-refractivity contribution in [2.24, 2.45) is 0 Å². The lowest BCUT2D eigenvalue weighted by Gasteiger charge is -2.20. The Morgan fingerprint density at radius 2 is 1.95 bits per heavy atom.